The quantitative estimate of drug-likeness (QED) is 0.790. The summed E-state index contributed by atoms with van der Waals surface area (Å²) in [6, 6.07) is 12.3. The first kappa shape index (κ1) is 19.0. The predicted octanol–water partition coefficient (Wildman–Crippen LogP) is 5.08. The normalized spacial score (nSPS) is 14.0. The van der Waals surface area contributed by atoms with Gasteiger partial charge in [0.05, 0.1) is 5.56 Å². The van der Waals surface area contributed by atoms with Crippen LogP contribution in [0.5, 0.6) is 0 Å². The van der Waals surface area contributed by atoms with E-state index in [1.807, 2.05) is 32.0 Å². The summed E-state index contributed by atoms with van der Waals surface area (Å²) in [6.45, 7) is 5.19. The molecule has 2 unspecified atom stereocenters. The highest BCUT2D eigenvalue weighted by Crippen LogP contribution is 2.31. The number of amides is 1. The van der Waals surface area contributed by atoms with Crippen LogP contribution in [0.25, 0.3) is 0 Å². The fourth-order valence-electron chi connectivity index (χ4n) is 2.64. The van der Waals surface area contributed by atoms with Crippen molar-refractivity contribution in [3.05, 3.63) is 65.2 Å². The van der Waals surface area contributed by atoms with Gasteiger partial charge in [0.1, 0.15) is 0 Å². The summed E-state index contributed by atoms with van der Waals surface area (Å²) >= 11 is 0. The van der Waals surface area contributed by atoms with Gasteiger partial charge < -0.3 is 10.6 Å². The lowest BCUT2D eigenvalue weighted by molar-refractivity contribution is -0.137. The second-order valence-electron chi connectivity index (χ2n) is 6.04. The highest BCUT2D eigenvalue weighted by Gasteiger charge is 2.30. The maximum Gasteiger partial charge on any atom is 0.416 e. The van der Waals surface area contributed by atoms with E-state index in [4.69, 9.17) is 0 Å². The SMILES string of the molecule is CC(=O)Nc1cccc(C(C)NC(C)c2cccc(C(F)(F)F)c2)c1. The van der Waals surface area contributed by atoms with E-state index in [0.29, 0.717) is 11.3 Å². The largest absolute Gasteiger partial charge is 0.416 e. The lowest BCUT2D eigenvalue weighted by atomic mass is 10.0. The molecule has 1 amide bonds. The van der Waals surface area contributed by atoms with Gasteiger partial charge in [-0.15, -0.1) is 0 Å². The Balaban J connectivity index is 2.12. The summed E-state index contributed by atoms with van der Waals surface area (Å²) in [5.41, 5.74) is 1.54. The summed E-state index contributed by atoms with van der Waals surface area (Å²) in [5, 5.41) is 6.01. The molecule has 25 heavy (non-hydrogen) atoms. The second-order valence-corrected chi connectivity index (χ2v) is 6.04. The van der Waals surface area contributed by atoms with E-state index in [1.54, 1.807) is 12.1 Å². The molecule has 2 aromatic carbocycles. The third kappa shape index (κ3) is 5.32. The molecule has 3 nitrogen and oxygen atoms in total. The number of carbonyl (C=O) groups is 1. The number of carbonyl (C=O) groups excluding carboxylic acids is 1. The molecular weight excluding hydrogens is 329 g/mol. The standard InChI is InChI=1S/C19H21F3N2O/c1-12(15-6-4-8-17(10-15)19(20,21)22)23-13(2)16-7-5-9-18(11-16)24-14(3)25/h4-13,23H,1-3H3,(H,24,25). The van der Waals surface area contributed by atoms with Crippen molar-refractivity contribution in [3.63, 3.8) is 0 Å². The van der Waals surface area contributed by atoms with Crippen LogP contribution in [-0.4, -0.2) is 5.91 Å². The smallest absolute Gasteiger partial charge is 0.326 e. The van der Waals surface area contributed by atoms with Gasteiger partial charge in [-0.1, -0.05) is 24.3 Å². The summed E-state index contributed by atoms with van der Waals surface area (Å²) in [7, 11) is 0. The molecule has 0 aliphatic rings. The Morgan fingerprint density at radius 2 is 1.52 bits per heavy atom. The van der Waals surface area contributed by atoms with Crippen molar-refractivity contribution >= 4 is 11.6 Å². The zero-order valence-electron chi connectivity index (χ0n) is 14.3. The van der Waals surface area contributed by atoms with E-state index in [2.05, 4.69) is 10.6 Å². The number of nitrogens with one attached hydrogen (secondary N) is 2. The van der Waals surface area contributed by atoms with Gasteiger partial charge in [-0.2, -0.15) is 13.2 Å². The molecule has 0 radical (unpaired) electrons. The van der Waals surface area contributed by atoms with Crippen LogP contribution in [0.3, 0.4) is 0 Å². The maximum absolute atomic E-state index is 12.9. The fraction of sp³-hybridized carbons (Fsp3) is 0.316. The van der Waals surface area contributed by atoms with E-state index in [1.165, 1.54) is 13.0 Å². The molecule has 0 bridgehead atoms. The Hall–Kier alpha value is -2.34. The minimum Gasteiger partial charge on any atom is -0.326 e. The van der Waals surface area contributed by atoms with Crippen LogP contribution in [0, 0.1) is 0 Å². The van der Waals surface area contributed by atoms with Gasteiger partial charge in [0.25, 0.3) is 0 Å². The van der Waals surface area contributed by atoms with Crippen LogP contribution in [0.4, 0.5) is 18.9 Å². The highest BCUT2D eigenvalue weighted by atomic mass is 19.4. The summed E-state index contributed by atoms with van der Waals surface area (Å²) in [4.78, 5) is 11.2. The van der Waals surface area contributed by atoms with Crippen LogP contribution in [0.2, 0.25) is 0 Å². The van der Waals surface area contributed by atoms with Gasteiger partial charge in [-0.05, 0) is 49.2 Å². The Morgan fingerprint density at radius 1 is 0.960 bits per heavy atom. The lowest BCUT2D eigenvalue weighted by Gasteiger charge is -2.22. The number of alkyl halides is 3. The molecular formula is C19H21F3N2O. The molecule has 0 saturated carbocycles. The van der Waals surface area contributed by atoms with Crippen molar-refractivity contribution in [2.75, 3.05) is 5.32 Å². The molecule has 134 valence electrons. The van der Waals surface area contributed by atoms with Gasteiger partial charge in [-0.3, -0.25) is 4.79 Å². The van der Waals surface area contributed by atoms with E-state index in [-0.39, 0.29) is 18.0 Å². The van der Waals surface area contributed by atoms with Gasteiger partial charge in [0.15, 0.2) is 0 Å². The zero-order chi connectivity index (χ0) is 18.6. The average molecular weight is 350 g/mol. The van der Waals surface area contributed by atoms with E-state index in [0.717, 1.165) is 17.7 Å². The van der Waals surface area contributed by atoms with E-state index in [9.17, 15) is 18.0 Å². The number of hydrogen-bond acceptors (Lipinski definition) is 2. The molecule has 6 heteroatoms. The number of halogens is 3. The molecule has 2 N–H and O–H groups in total. The monoisotopic (exact) mass is 350 g/mol. The Morgan fingerprint density at radius 3 is 2.08 bits per heavy atom. The van der Waals surface area contributed by atoms with Gasteiger partial charge in [-0.25, -0.2) is 0 Å². The predicted molar refractivity (Wildman–Crippen MR) is 92.2 cm³/mol. The first-order valence-electron chi connectivity index (χ1n) is 7.97. The molecule has 2 atom stereocenters. The first-order chi connectivity index (χ1) is 11.7. The van der Waals surface area contributed by atoms with Gasteiger partial charge >= 0.3 is 6.18 Å². The Kier molecular flexibility index (Phi) is 5.85. The van der Waals surface area contributed by atoms with Crippen molar-refractivity contribution in [1.29, 1.82) is 0 Å². The molecule has 0 aromatic heterocycles. The molecule has 0 spiro atoms. The Bertz CT molecular complexity index is 743. The van der Waals surface area contributed by atoms with Crippen LogP contribution in [0.1, 0.15) is 49.5 Å². The number of rotatable bonds is 5. The first-order valence-corrected chi connectivity index (χ1v) is 7.97. The minimum atomic E-state index is -4.35. The number of benzene rings is 2. The third-order valence-corrected chi connectivity index (χ3v) is 3.92. The molecule has 0 saturated heterocycles. The topological polar surface area (TPSA) is 41.1 Å². The van der Waals surface area contributed by atoms with Crippen molar-refractivity contribution in [3.8, 4) is 0 Å². The second kappa shape index (κ2) is 7.70. The summed E-state index contributed by atoms with van der Waals surface area (Å²) in [6.07, 6.45) is -4.35. The van der Waals surface area contributed by atoms with Crippen molar-refractivity contribution in [2.45, 2.75) is 39.0 Å². The van der Waals surface area contributed by atoms with Crippen LogP contribution in [-0.2, 0) is 11.0 Å². The highest BCUT2D eigenvalue weighted by molar-refractivity contribution is 5.88. The minimum absolute atomic E-state index is 0.0988. The molecule has 0 aliphatic carbocycles. The van der Waals surface area contributed by atoms with Gasteiger partial charge in [0, 0.05) is 24.7 Å². The third-order valence-electron chi connectivity index (χ3n) is 3.92. The number of hydrogen-bond donors (Lipinski definition) is 2. The molecule has 0 fully saturated rings. The molecule has 2 rings (SSSR count). The maximum atomic E-state index is 12.9. The van der Waals surface area contributed by atoms with Crippen LogP contribution >= 0.6 is 0 Å². The zero-order valence-corrected chi connectivity index (χ0v) is 14.3. The number of anilines is 1. The molecule has 0 heterocycles. The summed E-state index contributed by atoms with van der Waals surface area (Å²) < 4.78 is 38.6. The molecule has 2 aromatic rings. The fourth-order valence-corrected chi connectivity index (χ4v) is 2.64. The van der Waals surface area contributed by atoms with Gasteiger partial charge in [0.2, 0.25) is 5.91 Å². The van der Waals surface area contributed by atoms with Crippen LogP contribution < -0.4 is 10.6 Å². The average Bonchev–Trinajstić information content (AvgIpc) is 2.53. The molecule has 0 aliphatic heterocycles. The van der Waals surface area contributed by atoms with E-state index >= 15 is 0 Å². The van der Waals surface area contributed by atoms with Crippen LogP contribution in [0.15, 0.2) is 48.5 Å². The van der Waals surface area contributed by atoms with Crippen molar-refractivity contribution < 1.29 is 18.0 Å². The lowest BCUT2D eigenvalue weighted by Crippen LogP contribution is -2.23. The van der Waals surface area contributed by atoms with Crippen molar-refractivity contribution in [1.82, 2.24) is 5.32 Å². The Labute approximate surface area is 145 Å². The van der Waals surface area contributed by atoms with E-state index < -0.39 is 11.7 Å². The van der Waals surface area contributed by atoms with Crippen molar-refractivity contribution in [2.24, 2.45) is 0 Å². The summed E-state index contributed by atoms with van der Waals surface area (Å²) in [5.74, 6) is -0.157.